The smallest absolute Gasteiger partial charge is 0.274 e. The summed E-state index contributed by atoms with van der Waals surface area (Å²) in [5.74, 6) is 0.632. The Bertz CT molecular complexity index is 390. The third-order valence-electron chi connectivity index (χ3n) is 3.33. The Balaban J connectivity index is 2.69. The maximum atomic E-state index is 12.5. The highest BCUT2D eigenvalue weighted by molar-refractivity contribution is 5.92. The first-order chi connectivity index (χ1) is 9.58. The highest BCUT2D eigenvalue weighted by Crippen LogP contribution is 2.10. The molecule has 20 heavy (non-hydrogen) atoms. The van der Waals surface area contributed by atoms with Crippen LogP contribution in [0.15, 0.2) is 6.07 Å². The van der Waals surface area contributed by atoms with E-state index >= 15 is 0 Å². The van der Waals surface area contributed by atoms with Gasteiger partial charge < -0.3 is 4.90 Å². The van der Waals surface area contributed by atoms with Crippen LogP contribution < -0.4 is 0 Å². The monoisotopic (exact) mass is 279 g/mol. The normalized spacial score (nSPS) is 11.1. The van der Waals surface area contributed by atoms with Gasteiger partial charge in [-0.15, -0.1) is 0 Å². The van der Waals surface area contributed by atoms with Gasteiger partial charge in [-0.05, 0) is 31.2 Å². The van der Waals surface area contributed by atoms with Crippen LogP contribution in [0.1, 0.15) is 69.6 Å². The van der Waals surface area contributed by atoms with Crippen molar-refractivity contribution in [1.82, 2.24) is 15.1 Å². The Kier molecular flexibility index (Phi) is 7.34. The Labute approximate surface area is 122 Å². The molecule has 1 heterocycles. The largest absolute Gasteiger partial charge is 0.337 e. The van der Waals surface area contributed by atoms with Gasteiger partial charge in [-0.2, -0.15) is 5.10 Å². The van der Waals surface area contributed by atoms with Crippen molar-refractivity contribution in [2.24, 2.45) is 5.92 Å². The predicted octanol–water partition coefficient (Wildman–Crippen LogP) is 3.65. The van der Waals surface area contributed by atoms with Crippen LogP contribution in [0.5, 0.6) is 0 Å². The van der Waals surface area contributed by atoms with Crippen molar-refractivity contribution in [2.45, 2.75) is 59.8 Å². The van der Waals surface area contributed by atoms with Crippen molar-refractivity contribution in [1.29, 1.82) is 0 Å². The number of unbranched alkanes of at least 4 members (excludes halogenated alkanes) is 2. The molecule has 0 aliphatic rings. The van der Waals surface area contributed by atoms with Crippen LogP contribution in [0.2, 0.25) is 0 Å². The average molecular weight is 279 g/mol. The van der Waals surface area contributed by atoms with E-state index in [-0.39, 0.29) is 5.91 Å². The lowest BCUT2D eigenvalue weighted by molar-refractivity contribution is 0.0745. The van der Waals surface area contributed by atoms with Crippen LogP contribution in [0.3, 0.4) is 0 Å². The van der Waals surface area contributed by atoms with Crippen LogP contribution in [-0.4, -0.2) is 34.1 Å². The fourth-order valence-electron chi connectivity index (χ4n) is 2.19. The minimum absolute atomic E-state index is 0.0677. The van der Waals surface area contributed by atoms with E-state index < -0.39 is 0 Å². The molecule has 1 N–H and O–H groups in total. The minimum atomic E-state index is 0.0677. The summed E-state index contributed by atoms with van der Waals surface area (Å²) in [6.45, 7) is 10.3. The van der Waals surface area contributed by atoms with E-state index in [1.807, 2.05) is 11.0 Å². The molecule has 0 unspecified atom stereocenters. The van der Waals surface area contributed by atoms with Gasteiger partial charge in [0.2, 0.25) is 0 Å². The second kappa shape index (κ2) is 8.77. The van der Waals surface area contributed by atoms with E-state index in [0.29, 0.717) is 11.6 Å². The summed E-state index contributed by atoms with van der Waals surface area (Å²) in [4.78, 5) is 14.4. The van der Waals surface area contributed by atoms with E-state index in [9.17, 15) is 4.79 Å². The third kappa shape index (κ3) is 5.35. The van der Waals surface area contributed by atoms with Gasteiger partial charge in [0.1, 0.15) is 5.69 Å². The number of rotatable bonds is 9. The standard InChI is InChI=1S/C16H29N3O/c1-5-7-9-19(10-8-6-2)16(20)15-12-14(17-18-15)11-13(3)4/h12-13H,5-11H2,1-4H3,(H,17,18). The summed E-state index contributed by atoms with van der Waals surface area (Å²) in [5, 5.41) is 7.18. The van der Waals surface area contributed by atoms with E-state index in [1.165, 1.54) is 0 Å². The molecule has 0 aliphatic carbocycles. The minimum Gasteiger partial charge on any atom is -0.337 e. The van der Waals surface area contributed by atoms with Gasteiger partial charge in [0.25, 0.3) is 5.91 Å². The van der Waals surface area contributed by atoms with Crippen molar-refractivity contribution >= 4 is 5.91 Å². The molecular weight excluding hydrogens is 250 g/mol. The molecule has 1 amide bonds. The lowest BCUT2D eigenvalue weighted by atomic mass is 10.1. The Morgan fingerprint density at radius 3 is 2.35 bits per heavy atom. The van der Waals surface area contributed by atoms with Crippen LogP contribution in [0.25, 0.3) is 0 Å². The SMILES string of the molecule is CCCCN(CCCC)C(=O)c1cc(CC(C)C)[nH]n1. The number of nitrogens with zero attached hydrogens (tertiary/aromatic N) is 2. The predicted molar refractivity (Wildman–Crippen MR) is 82.8 cm³/mol. The molecule has 0 fully saturated rings. The highest BCUT2D eigenvalue weighted by Gasteiger charge is 2.18. The molecule has 1 aromatic rings. The topological polar surface area (TPSA) is 49.0 Å². The molecule has 0 bridgehead atoms. The fourth-order valence-corrected chi connectivity index (χ4v) is 2.19. The fraction of sp³-hybridized carbons (Fsp3) is 0.750. The van der Waals surface area contributed by atoms with Gasteiger partial charge in [0.05, 0.1) is 0 Å². The maximum Gasteiger partial charge on any atom is 0.274 e. The zero-order chi connectivity index (χ0) is 15.0. The van der Waals surface area contributed by atoms with Gasteiger partial charge in [-0.1, -0.05) is 40.5 Å². The van der Waals surface area contributed by atoms with Crippen LogP contribution in [0, 0.1) is 5.92 Å². The highest BCUT2D eigenvalue weighted by atomic mass is 16.2. The van der Waals surface area contributed by atoms with Crippen molar-refractivity contribution in [3.05, 3.63) is 17.5 Å². The third-order valence-corrected chi connectivity index (χ3v) is 3.33. The molecule has 0 saturated carbocycles. The number of carbonyl (C=O) groups is 1. The Morgan fingerprint density at radius 2 is 1.85 bits per heavy atom. The Hall–Kier alpha value is -1.32. The van der Waals surface area contributed by atoms with E-state index in [0.717, 1.165) is 50.9 Å². The number of aromatic nitrogens is 2. The van der Waals surface area contributed by atoms with Gasteiger partial charge in [0, 0.05) is 18.8 Å². The quantitative estimate of drug-likeness (QED) is 0.750. The van der Waals surface area contributed by atoms with Crippen LogP contribution in [-0.2, 0) is 6.42 Å². The van der Waals surface area contributed by atoms with Gasteiger partial charge in [0.15, 0.2) is 0 Å². The van der Waals surface area contributed by atoms with Crippen LogP contribution in [0.4, 0.5) is 0 Å². The molecule has 0 radical (unpaired) electrons. The first-order valence-corrected chi connectivity index (χ1v) is 7.92. The summed E-state index contributed by atoms with van der Waals surface area (Å²) in [6, 6.07) is 1.91. The molecule has 0 aliphatic heterocycles. The maximum absolute atomic E-state index is 12.5. The molecule has 0 atom stereocenters. The molecule has 1 aromatic heterocycles. The van der Waals surface area contributed by atoms with Gasteiger partial charge >= 0.3 is 0 Å². The van der Waals surface area contributed by atoms with Gasteiger partial charge in [-0.25, -0.2) is 0 Å². The lowest BCUT2D eigenvalue weighted by Crippen LogP contribution is -2.33. The lowest BCUT2D eigenvalue weighted by Gasteiger charge is -2.21. The van der Waals surface area contributed by atoms with Crippen molar-refractivity contribution < 1.29 is 4.79 Å². The Morgan fingerprint density at radius 1 is 1.25 bits per heavy atom. The molecular formula is C16H29N3O. The van der Waals surface area contributed by atoms with Gasteiger partial charge in [-0.3, -0.25) is 9.89 Å². The molecule has 0 spiro atoms. The number of aromatic amines is 1. The summed E-state index contributed by atoms with van der Waals surface area (Å²) in [7, 11) is 0. The number of hydrogen-bond acceptors (Lipinski definition) is 2. The van der Waals surface area contributed by atoms with Crippen LogP contribution >= 0.6 is 0 Å². The molecule has 0 aromatic carbocycles. The summed E-state index contributed by atoms with van der Waals surface area (Å²) in [5.41, 5.74) is 1.61. The second-order valence-electron chi connectivity index (χ2n) is 5.88. The first-order valence-electron chi connectivity index (χ1n) is 7.92. The van der Waals surface area contributed by atoms with Crippen molar-refractivity contribution in [3.63, 3.8) is 0 Å². The number of hydrogen-bond donors (Lipinski definition) is 1. The second-order valence-corrected chi connectivity index (χ2v) is 5.88. The molecule has 1 rings (SSSR count). The zero-order valence-electron chi connectivity index (χ0n) is 13.4. The molecule has 4 heteroatoms. The number of amides is 1. The first kappa shape index (κ1) is 16.7. The zero-order valence-corrected chi connectivity index (χ0v) is 13.4. The summed E-state index contributed by atoms with van der Waals surface area (Å²) < 4.78 is 0. The van der Waals surface area contributed by atoms with E-state index in [4.69, 9.17) is 0 Å². The molecule has 4 nitrogen and oxygen atoms in total. The number of carbonyl (C=O) groups excluding carboxylic acids is 1. The van der Waals surface area contributed by atoms with Crippen molar-refractivity contribution in [3.8, 4) is 0 Å². The number of H-pyrrole nitrogens is 1. The number of nitrogens with one attached hydrogen (secondary N) is 1. The van der Waals surface area contributed by atoms with E-state index in [2.05, 4.69) is 37.9 Å². The summed E-state index contributed by atoms with van der Waals surface area (Å²) >= 11 is 0. The average Bonchev–Trinajstić information content (AvgIpc) is 2.86. The molecule has 0 saturated heterocycles. The van der Waals surface area contributed by atoms with E-state index in [1.54, 1.807) is 0 Å². The van der Waals surface area contributed by atoms with Crippen molar-refractivity contribution in [2.75, 3.05) is 13.1 Å². The summed E-state index contributed by atoms with van der Waals surface area (Å²) in [6.07, 6.45) is 5.26. The molecule has 114 valence electrons.